The van der Waals surface area contributed by atoms with Crippen molar-refractivity contribution < 1.29 is 18.9 Å². The van der Waals surface area contributed by atoms with E-state index in [4.69, 9.17) is 18.9 Å². The van der Waals surface area contributed by atoms with Gasteiger partial charge in [0.15, 0.2) is 23.0 Å². The van der Waals surface area contributed by atoms with Crippen molar-refractivity contribution in [3.05, 3.63) is 41.2 Å². The fourth-order valence-electron chi connectivity index (χ4n) is 2.42. The second kappa shape index (κ2) is 8.97. The van der Waals surface area contributed by atoms with Crippen LogP contribution in [-0.4, -0.2) is 28.4 Å². The van der Waals surface area contributed by atoms with E-state index >= 15 is 0 Å². The molecule has 8 heteroatoms. The molecular formula is C17H16Br4O4. The number of hydrogen-bond acceptors (Lipinski definition) is 4. The van der Waals surface area contributed by atoms with Crippen LogP contribution in [0.3, 0.4) is 0 Å². The Kier molecular flexibility index (Phi) is 7.49. The predicted octanol–water partition coefficient (Wildman–Crippen LogP) is 6.36. The Morgan fingerprint density at radius 3 is 1.24 bits per heavy atom. The molecule has 2 aromatic rings. The fraction of sp³-hybridized carbons (Fsp3) is 0.294. The van der Waals surface area contributed by atoms with E-state index in [0.29, 0.717) is 29.4 Å². The molecule has 4 nitrogen and oxygen atoms in total. The maximum atomic E-state index is 5.44. The standard InChI is InChI=1S/C17H16Br4O4/c1-22-10-6-8(12(18)14(20)16(10)24-3)5-9-7-11(23-2)17(25-4)15(21)13(9)19/h6-7H,5H2,1-4H3. The molecule has 25 heavy (non-hydrogen) atoms. The zero-order valence-electron chi connectivity index (χ0n) is 14.0. The van der Waals surface area contributed by atoms with Crippen molar-refractivity contribution in [3.8, 4) is 23.0 Å². The van der Waals surface area contributed by atoms with Crippen LogP contribution in [0.5, 0.6) is 23.0 Å². The van der Waals surface area contributed by atoms with Gasteiger partial charge in [0, 0.05) is 15.4 Å². The fourth-order valence-corrected chi connectivity index (χ4v) is 4.51. The van der Waals surface area contributed by atoms with Crippen molar-refractivity contribution in [1.29, 1.82) is 0 Å². The van der Waals surface area contributed by atoms with Gasteiger partial charge in [0.2, 0.25) is 0 Å². The minimum Gasteiger partial charge on any atom is -0.493 e. The molecule has 0 aliphatic heterocycles. The third-order valence-electron chi connectivity index (χ3n) is 3.64. The van der Waals surface area contributed by atoms with Crippen LogP contribution >= 0.6 is 63.7 Å². The van der Waals surface area contributed by atoms with Gasteiger partial charge in [-0.15, -0.1) is 0 Å². The summed E-state index contributed by atoms with van der Waals surface area (Å²) in [5, 5.41) is 0. The molecule has 0 aromatic heterocycles. The lowest BCUT2D eigenvalue weighted by atomic mass is 10.0. The van der Waals surface area contributed by atoms with Crippen LogP contribution in [0.2, 0.25) is 0 Å². The molecule has 0 heterocycles. The summed E-state index contributed by atoms with van der Waals surface area (Å²) in [6.07, 6.45) is 0.638. The molecule has 0 bridgehead atoms. The first kappa shape index (κ1) is 20.9. The first-order valence-electron chi connectivity index (χ1n) is 7.07. The van der Waals surface area contributed by atoms with Crippen LogP contribution in [0, 0.1) is 0 Å². The van der Waals surface area contributed by atoms with Crippen molar-refractivity contribution in [1.82, 2.24) is 0 Å². The quantitative estimate of drug-likeness (QED) is 0.385. The highest BCUT2D eigenvalue weighted by molar-refractivity contribution is 9.13. The van der Waals surface area contributed by atoms with Crippen molar-refractivity contribution >= 4 is 63.7 Å². The van der Waals surface area contributed by atoms with E-state index in [2.05, 4.69) is 63.7 Å². The number of benzene rings is 2. The van der Waals surface area contributed by atoms with Gasteiger partial charge in [0.1, 0.15) is 0 Å². The topological polar surface area (TPSA) is 36.9 Å². The van der Waals surface area contributed by atoms with Gasteiger partial charge in [0.25, 0.3) is 0 Å². The summed E-state index contributed by atoms with van der Waals surface area (Å²) in [5.41, 5.74) is 2.06. The summed E-state index contributed by atoms with van der Waals surface area (Å²) in [4.78, 5) is 0. The first-order valence-corrected chi connectivity index (χ1v) is 10.2. The van der Waals surface area contributed by atoms with E-state index in [9.17, 15) is 0 Å². The lowest BCUT2D eigenvalue weighted by Gasteiger charge is -2.17. The average Bonchev–Trinajstić information content (AvgIpc) is 2.62. The van der Waals surface area contributed by atoms with Gasteiger partial charge >= 0.3 is 0 Å². The van der Waals surface area contributed by atoms with E-state index in [0.717, 1.165) is 29.0 Å². The van der Waals surface area contributed by atoms with Crippen LogP contribution in [0.1, 0.15) is 11.1 Å². The molecule has 0 unspecified atom stereocenters. The molecule has 0 aliphatic carbocycles. The van der Waals surface area contributed by atoms with Crippen LogP contribution in [0.25, 0.3) is 0 Å². The summed E-state index contributed by atoms with van der Waals surface area (Å²) in [6, 6.07) is 3.90. The Bertz CT molecular complexity index is 728. The van der Waals surface area contributed by atoms with E-state index < -0.39 is 0 Å². The summed E-state index contributed by atoms with van der Waals surface area (Å²) >= 11 is 14.4. The Morgan fingerprint density at radius 1 is 0.600 bits per heavy atom. The molecule has 0 saturated carbocycles. The lowest BCUT2D eigenvalue weighted by molar-refractivity contribution is 0.352. The van der Waals surface area contributed by atoms with Gasteiger partial charge in [-0.2, -0.15) is 0 Å². The number of methoxy groups -OCH3 is 4. The summed E-state index contributed by atoms with van der Waals surface area (Å²) in [5.74, 6) is 2.60. The highest BCUT2D eigenvalue weighted by Gasteiger charge is 2.20. The maximum absolute atomic E-state index is 5.44. The van der Waals surface area contributed by atoms with E-state index in [1.807, 2.05) is 12.1 Å². The van der Waals surface area contributed by atoms with Crippen molar-refractivity contribution in [3.63, 3.8) is 0 Å². The number of rotatable bonds is 6. The zero-order chi connectivity index (χ0) is 18.7. The average molecular weight is 604 g/mol. The van der Waals surface area contributed by atoms with E-state index in [-0.39, 0.29) is 0 Å². The summed E-state index contributed by atoms with van der Waals surface area (Å²) < 4.78 is 25.1. The van der Waals surface area contributed by atoms with Crippen LogP contribution < -0.4 is 18.9 Å². The van der Waals surface area contributed by atoms with E-state index in [1.165, 1.54) is 0 Å². The molecule has 2 aromatic carbocycles. The monoisotopic (exact) mass is 600 g/mol. The molecule has 0 saturated heterocycles. The third-order valence-corrected chi connectivity index (χ3v) is 8.02. The Balaban J connectivity index is 2.57. The SMILES string of the molecule is COc1cc(Cc2cc(OC)c(OC)c(Br)c2Br)c(Br)c(Br)c1OC. The zero-order valence-corrected chi connectivity index (χ0v) is 20.4. The number of hydrogen-bond donors (Lipinski definition) is 0. The summed E-state index contributed by atoms with van der Waals surface area (Å²) in [6.45, 7) is 0. The normalized spacial score (nSPS) is 10.6. The van der Waals surface area contributed by atoms with Gasteiger partial charge in [-0.1, -0.05) is 0 Å². The van der Waals surface area contributed by atoms with Crippen molar-refractivity contribution in [2.24, 2.45) is 0 Å². The minimum absolute atomic E-state index is 0.638. The molecule has 2 rings (SSSR count). The Labute approximate surface area is 180 Å². The Hall–Kier alpha value is -0.440. The molecule has 0 spiro atoms. The van der Waals surface area contributed by atoms with E-state index in [1.54, 1.807) is 28.4 Å². The number of ether oxygens (including phenoxy) is 4. The summed E-state index contributed by atoms with van der Waals surface area (Å²) in [7, 11) is 6.45. The molecule has 0 amide bonds. The number of halogens is 4. The Morgan fingerprint density at radius 2 is 0.960 bits per heavy atom. The van der Waals surface area contributed by atoms with Crippen LogP contribution in [0.4, 0.5) is 0 Å². The molecular weight excluding hydrogens is 588 g/mol. The largest absolute Gasteiger partial charge is 0.493 e. The van der Waals surface area contributed by atoms with Crippen LogP contribution in [0.15, 0.2) is 30.0 Å². The van der Waals surface area contributed by atoms with Gasteiger partial charge in [-0.3, -0.25) is 0 Å². The molecule has 0 N–H and O–H groups in total. The van der Waals surface area contributed by atoms with Crippen molar-refractivity contribution in [2.45, 2.75) is 6.42 Å². The smallest absolute Gasteiger partial charge is 0.176 e. The molecule has 0 radical (unpaired) electrons. The lowest BCUT2D eigenvalue weighted by Crippen LogP contribution is -2.00. The van der Waals surface area contributed by atoms with Gasteiger partial charge in [-0.25, -0.2) is 0 Å². The second-order valence-corrected chi connectivity index (χ2v) is 8.15. The maximum Gasteiger partial charge on any atom is 0.176 e. The molecule has 0 atom stereocenters. The van der Waals surface area contributed by atoms with Gasteiger partial charge in [0.05, 0.1) is 37.4 Å². The van der Waals surface area contributed by atoms with Crippen molar-refractivity contribution in [2.75, 3.05) is 28.4 Å². The minimum atomic E-state index is 0.638. The van der Waals surface area contributed by atoms with Gasteiger partial charge < -0.3 is 18.9 Å². The van der Waals surface area contributed by atoms with Crippen LogP contribution in [-0.2, 0) is 6.42 Å². The van der Waals surface area contributed by atoms with Gasteiger partial charge in [-0.05, 0) is 87.0 Å². The predicted molar refractivity (Wildman–Crippen MR) is 113 cm³/mol. The second-order valence-electron chi connectivity index (χ2n) is 4.98. The first-order chi connectivity index (χ1) is 11.9. The molecule has 0 fully saturated rings. The molecule has 136 valence electrons. The highest BCUT2D eigenvalue weighted by atomic mass is 79.9. The highest BCUT2D eigenvalue weighted by Crippen LogP contribution is 2.46. The molecule has 0 aliphatic rings. The third kappa shape index (κ3) is 4.12.